The summed E-state index contributed by atoms with van der Waals surface area (Å²) in [4.78, 5) is 0. The average molecular weight is 281 g/mol. The lowest BCUT2D eigenvalue weighted by atomic mass is 9.97. The lowest BCUT2D eigenvalue weighted by Crippen LogP contribution is -2.29. The molecule has 0 aliphatic rings. The summed E-state index contributed by atoms with van der Waals surface area (Å²) in [6.07, 6.45) is 0. The molecule has 0 heterocycles. The van der Waals surface area contributed by atoms with Gasteiger partial charge in [-0.2, -0.15) is 0 Å². The first-order valence-electron chi connectivity index (χ1n) is 5.85. The molecule has 0 aliphatic heterocycles. The van der Waals surface area contributed by atoms with Gasteiger partial charge in [-0.3, -0.25) is 0 Å². The maximum Gasteiger partial charge on any atom is 0.183 e. The Labute approximate surface area is 116 Å². The summed E-state index contributed by atoms with van der Waals surface area (Å²) in [6.45, 7) is 1.55. The molecule has 1 unspecified atom stereocenters. The molecule has 2 rings (SSSR count). The van der Waals surface area contributed by atoms with Gasteiger partial charge in [-0.05, 0) is 24.6 Å². The van der Waals surface area contributed by atoms with Crippen molar-refractivity contribution < 1.29 is 14.2 Å². The second-order valence-corrected chi connectivity index (χ2v) is 4.89. The van der Waals surface area contributed by atoms with Gasteiger partial charge >= 0.3 is 0 Å². The number of hydrogen-bond donors (Lipinski definition) is 1. The Hall–Kier alpha value is -1.58. The monoisotopic (exact) mass is 280 g/mol. The van der Waals surface area contributed by atoms with Crippen LogP contribution in [0.25, 0.3) is 0 Å². The number of aliphatic hydroxyl groups is 1. The summed E-state index contributed by atoms with van der Waals surface area (Å²) in [6, 6.07) is 13.6. The molecule has 0 amide bonds. The second kappa shape index (κ2) is 5.59. The number of ether oxygens (including phenoxy) is 1. The highest BCUT2D eigenvalue weighted by molar-refractivity contribution is 6.30. The maximum atomic E-state index is 13.6. The third-order valence-corrected chi connectivity index (χ3v) is 3.11. The highest BCUT2D eigenvalue weighted by atomic mass is 35.5. The van der Waals surface area contributed by atoms with Crippen LogP contribution >= 0.6 is 11.6 Å². The van der Waals surface area contributed by atoms with E-state index in [4.69, 9.17) is 16.3 Å². The van der Waals surface area contributed by atoms with Gasteiger partial charge in [0, 0.05) is 0 Å². The Kier molecular flexibility index (Phi) is 4.08. The Balaban J connectivity index is 2.12. The highest BCUT2D eigenvalue weighted by Gasteiger charge is 2.24. The van der Waals surface area contributed by atoms with Crippen molar-refractivity contribution in [1.82, 2.24) is 0 Å². The zero-order valence-electron chi connectivity index (χ0n) is 10.4. The predicted octanol–water partition coefficient (Wildman–Crippen LogP) is 3.77. The van der Waals surface area contributed by atoms with Gasteiger partial charge in [0.15, 0.2) is 11.6 Å². The third kappa shape index (κ3) is 3.25. The molecule has 2 nitrogen and oxygen atoms in total. The van der Waals surface area contributed by atoms with E-state index in [1.165, 1.54) is 12.1 Å². The molecule has 0 radical (unpaired) electrons. The van der Waals surface area contributed by atoms with E-state index < -0.39 is 11.4 Å². The van der Waals surface area contributed by atoms with Gasteiger partial charge in [-0.1, -0.05) is 48.0 Å². The first-order chi connectivity index (χ1) is 9.00. The SMILES string of the molecule is CC(O)(COc1cccc(Cl)c1F)c1ccccc1. The summed E-state index contributed by atoms with van der Waals surface area (Å²) < 4.78 is 19.0. The summed E-state index contributed by atoms with van der Waals surface area (Å²) in [5.74, 6) is -0.586. The fourth-order valence-electron chi connectivity index (χ4n) is 1.69. The average Bonchev–Trinajstić information content (AvgIpc) is 2.41. The topological polar surface area (TPSA) is 29.5 Å². The van der Waals surface area contributed by atoms with Crippen LogP contribution in [0.2, 0.25) is 5.02 Å². The van der Waals surface area contributed by atoms with Crippen LogP contribution in [-0.4, -0.2) is 11.7 Å². The Morgan fingerprint density at radius 2 is 1.84 bits per heavy atom. The Morgan fingerprint density at radius 3 is 2.53 bits per heavy atom. The lowest BCUT2D eigenvalue weighted by Gasteiger charge is -2.24. The Morgan fingerprint density at radius 1 is 1.16 bits per heavy atom. The van der Waals surface area contributed by atoms with E-state index in [-0.39, 0.29) is 17.4 Å². The van der Waals surface area contributed by atoms with Gasteiger partial charge < -0.3 is 9.84 Å². The van der Waals surface area contributed by atoms with E-state index in [1.54, 1.807) is 25.1 Å². The summed E-state index contributed by atoms with van der Waals surface area (Å²) in [5.41, 5.74) is -0.492. The van der Waals surface area contributed by atoms with E-state index in [0.29, 0.717) is 5.56 Å². The molecule has 0 bridgehead atoms. The first-order valence-corrected chi connectivity index (χ1v) is 6.23. The van der Waals surface area contributed by atoms with Crippen LogP contribution in [0, 0.1) is 5.82 Å². The van der Waals surface area contributed by atoms with Gasteiger partial charge in [0.2, 0.25) is 0 Å². The van der Waals surface area contributed by atoms with E-state index in [9.17, 15) is 9.50 Å². The van der Waals surface area contributed by atoms with Gasteiger partial charge in [0.05, 0.1) is 5.02 Å². The highest BCUT2D eigenvalue weighted by Crippen LogP contribution is 2.27. The van der Waals surface area contributed by atoms with E-state index in [0.717, 1.165) is 0 Å². The molecule has 2 aromatic rings. The molecule has 0 fully saturated rings. The van der Waals surface area contributed by atoms with Gasteiger partial charge in [0.25, 0.3) is 0 Å². The first kappa shape index (κ1) is 13.8. The number of benzene rings is 2. The van der Waals surface area contributed by atoms with Crippen molar-refractivity contribution >= 4 is 11.6 Å². The van der Waals surface area contributed by atoms with Crippen LogP contribution in [0.4, 0.5) is 4.39 Å². The van der Waals surface area contributed by atoms with Crippen LogP contribution in [0.5, 0.6) is 5.75 Å². The minimum atomic E-state index is -1.20. The number of hydrogen-bond acceptors (Lipinski definition) is 2. The van der Waals surface area contributed by atoms with Crippen LogP contribution in [0.1, 0.15) is 12.5 Å². The van der Waals surface area contributed by atoms with Crippen molar-refractivity contribution in [3.8, 4) is 5.75 Å². The minimum Gasteiger partial charge on any atom is -0.487 e. The summed E-state index contributed by atoms with van der Waals surface area (Å²) in [5, 5.41) is 10.3. The zero-order valence-corrected chi connectivity index (χ0v) is 11.2. The van der Waals surface area contributed by atoms with E-state index >= 15 is 0 Å². The predicted molar refractivity (Wildman–Crippen MR) is 72.9 cm³/mol. The minimum absolute atomic E-state index is 0.00291. The molecule has 4 heteroatoms. The molecule has 0 aliphatic carbocycles. The van der Waals surface area contributed by atoms with Crippen molar-refractivity contribution in [2.45, 2.75) is 12.5 Å². The summed E-state index contributed by atoms with van der Waals surface area (Å²) in [7, 11) is 0. The molecule has 19 heavy (non-hydrogen) atoms. The van der Waals surface area contributed by atoms with Crippen molar-refractivity contribution in [3.05, 3.63) is 64.9 Å². The van der Waals surface area contributed by atoms with Crippen LogP contribution < -0.4 is 4.74 Å². The molecule has 100 valence electrons. The third-order valence-electron chi connectivity index (χ3n) is 2.82. The smallest absolute Gasteiger partial charge is 0.183 e. The number of halogens is 2. The fraction of sp³-hybridized carbons (Fsp3) is 0.200. The van der Waals surface area contributed by atoms with Gasteiger partial charge in [0.1, 0.15) is 12.2 Å². The molecular formula is C15H14ClFO2. The normalized spacial score (nSPS) is 13.9. The maximum absolute atomic E-state index is 13.6. The molecule has 1 N–H and O–H groups in total. The molecule has 0 saturated carbocycles. The largest absolute Gasteiger partial charge is 0.487 e. The quantitative estimate of drug-likeness (QED) is 0.924. The molecule has 2 aromatic carbocycles. The van der Waals surface area contributed by atoms with Gasteiger partial charge in [-0.15, -0.1) is 0 Å². The molecule has 1 atom stereocenters. The van der Waals surface area contributed by atoms with Crippen molar-refractivity contribution in [1.29, 1.82) is 0 Å². The lowest BCUT2D eigenvalue weighted by molar-refractivity contribution is 0.00644. The second-order valence-electron chi connectivity index (χ2n) is 4.48. The molecular weight excluding hydrogens is 267 g/mol. The Bertz CT molecular complexity index is 555. The standard InChI is InChI=1S/C15H14ClFO2/c1-15(18,11-6-3-2-4-7-11)10-19-13-9-5-8-12(16)14(13)17/h2-9,18H,10H2,1H3. The fourth-order valence-corrected chi connectivity index (χ4v) is 1.86. The van der Waals surface area contributed by atoms with Crippen molar-refractivity contribution in [2.24, 2.45) is 0 Å². The molecule has 0 aromatic heterocycles. The van der Waals surface area contributed by atoms with Crippen LogP contribution in [0.3, 0.4) is 0 Å². The summed E-state index contributed by atoms with van der Waals surface area (Å²) >= 11 is 5.66. The van der Waals surface area contributed by atoms with Crippen molar-refractivity contribution in [3.63, 3.8) is 0 Å². The van der Waals surface area contributed by atoms with E-state index in [1.807, 2.05) is 18.2 Å². The molecule has 0 spiro atoms. The zero-order chi connectivity index (χ0) is 13.9. The van der Waals surface area contributed by atoms with Crippen LogP contribution in [0.15, 0.2) is 48.5 Å². The molecule has 0 saturated heterocycles. The van der Waals surface area contributed by atoms with E-state index in [2.05, 4.69) is 0 Å². The van der Waals surface area contributed by atoms with Gasteiger partial charge in [-0.25, -0.2) is 4.39 Å². The number of rotatable bonds is 4. The van der Waals surface area contributed by atoms with Crippen LogP contribution in [-0.2, 0) is 5.60 Å². The van der Waals surface area contributed by atoms with Crippen molar-refractivity contribution in [2.75, 3.05) is 6.61 Å².